The molecule has 2 aromatic rings. The number of nitrogens with one attached hydrogen (secondary N) is 2. The third-order valence-corrected chi connectivity index (χ3v) is 4.34. The number of hydrogen-bond donors (Lipinski definition) is 2. The van der Waals surface area contributed by atoms with Crippen LogP contribution >= 0.6 is 0 Å². The van der Waals surface area contributed by atoms with E-state index in [1.54, 1.807) is 24.3 Å². The molecule has 144 valence electrons. The van der Waals surface area contributed by atoms with Gasteiger partial charge in [-0.3, -0.25) is 9.59 Å². The van der Waals surface area contributed by atoms with Crippen molar-refractivity contribution in [3.05, 3.63) is 59.7 Å². The fraction of sp³-hybridized carbons (Fsp3) is 0.364. The summed E-state index contributed by atoms with van der Waals surface area (Å²) in [5.41, 5.74) is 1.97. The Balaban J connectivity index is 2.03. The maximum Gasteiger partial charge on any atom is 0.262 e. The van der Waals surface area contributed by atoms with Crippen LogP contribution in [0.1, 0.15) is 56.0 Å². The Morgan fingerprint density at radius 2 is 1.67 bits per heavy atom. The van der Waals surface area contributed by atoms with Crippen molar-refractivity contribution in [2.45, 2.75) is 46.1 Å². The standard InChI is InChI=1S/C22H28N2O3/c1-5-16(4)23-22(26)18-11-6-8-12-19(18)24-21(25)14-27-20-13-9-7-10-17(20)15(2)3/h6-13,15-16H,5,14H2,1-4H3,(H,23,26)(H,24,25). The van der Waals surface area contributed by atoms with Crippen molar-refractivity contribution in [3.8, 4) is 5.75 Å². The summed E-state index contributed by atoms with van der Waals surface area (Å²) < 4.78 is 5.70. The van der Waals surface area contributed by atoms with Crippen LogP contribution in [0.4, 0.5) is 5.69 Å². The molecule has 0 radical (unpaired) electrons. The summed E-state index contributed by atoms with van der Waals surface area (Å²) in [5.74, 6) is 0.489. The van der Waals surface area contributed by atoms with Crippen molar-refractivity contribution >= 4 is 17.5 Å². The van der Waals surface area contributed by atoms with Crippen LogP contribution in [0.25, 0.3) is 0 Å². The minimum Gasteiger partial charge on any atom is -0.483 e. The first-order valence-corrected chi connectivity index (χ1v) is 9.33. The normalized spacial score (nSPS) is 11.7. The van der Waals surface area contributed by atoms with Crippen molar-refractivity contribution in [2.75, 3.05) is 11.9 Å². The lowest BCUT2D eigenvalue weighted by molar-refractivity contribution is -0.118. The van der Waals surface area contributed by atoms with Gasteiger partial charge in [-0.25, -0.2) is 0 Å². The molecule has 0 aliphatic rings. The Morgan fingerprint density at radius 3 is 2.37 bits per heavy atom. The van der Waals surface area contributed by atoms with Gasteiger partial charge < -0.3 is 15.4 Å². The van der Waals surface area contributed by atoms with Crippen molar-refractivity contribution in [3.63, 3.8) is 0 Å². The Bertz CT molecular complexity index is 787. The van der Waals surface area contributed by atoms with Crippen LogP contribution in [0.3, 0.4) is 0 Å². The predicted octanol–water partition coefficient (Wildman–Crippen LogP) is 4.36. The molecule has 0 aliphatic carbocycles. The maximum absolute atomic E-state index is 12.4. The number of para-hydroxylation sites is 2. The number of rotatable bonds is 8. The quantitative estimate of drug-likeness (QED) is 0.728. The molecule has 0 spiro atoms. The zero-order chi connectivity index (χ0) is 19.8. The van der Waals surface area contributed by atoms with Crippen LogP contribution in [0.5, 0.6) is 5.75 Å². The molecule has 0 heterocycles. The van der Waals surface area contributed by atoms with Gasteiger partial charge in [0.25, 0.3) is 11.8 Å². The van der Waals surface area contributed by atoms with Gasteiger partial charge in [-0.05, 0) is 43.0 Å². The molecule has 2 amide bonds. The second-order valence-corrected chi connectivity index (χ2v) is 6.86. The maximum atomic E-state index is 12.4. The first kappa shape index (κ1) is 20.5. The number of carbonyl (C=O) groups is 2. The highest BCUT2D eigenvalue weighted by atomic mass is 16.5. The largest absolute Gasteiger partial charge is 0.483 e. The molecule has 5 heteroatoms. The highest BCUT2D eigenvalue weighted by Crippen LogP contribution is 2.25. The molecule has 27 heavy (non-hydrogen) atoms. The zero-order valence-electron chi connectivity index (χ0n) is 16.4. The van der Waals surface area contributed by atoms with Gasteiger partial charge in [0.2, 0.25) is 0 Å². The fourth-order valence-corrected chi connectivity index (χ4v) is 2.61. The molecule has 0 bridgehead atoms. The van der Waals surface area contributed by atoms with Crippen LogP contribution < -0.4 is 15.4 Å². The van der Waals surface area contributed by atoms with Crippen molar-refractivity contribution in [1.29, 1.82) is 0 Å². The monoisotopic (exact) mass is 368 g/mol. The summed E-state index contributed by atoms with van der Waals surface area (Å²) in [6, 6.07) is 14.7. The minimum absolute atomic E-state index is 0.0668. The third kappa shape index (κ3) is 5.84. The summed E-state index contributed by atoms with van der Waals surface area (Å²) in [5, 5.41) is 5.69. The van der Waals surface area contributed by atoms with E-state index >= 15 is 0 Å². The van der Waals surface area contributed by atoms with Gasteiger partial charge in [-0.1, -0.05) is 51.1 Å². The molecule has 1 unspecified atom stereocenters. The SMILES string of the molecule is CCC(C)NC(=O)c1ccccc1NC(=O)COc1ccccc1C(C)C. The van der Waals surface area contributed by atoms with Crippen LogP contribution in [0.2, 0.25) is 0 Å². The average Bonchev–Trinajstić information content (AvgIpc) is 2.66. The van der Waals surface area contributed by atoms with Crippen LogP contribution in [-0.2, 0) is 4.79 Å². The molecule has 5 nitrogen and oxygen atoms in total. The summed E-state index contributed by atoms with van der Waals surface area (Å²) in [6.45, 7) is 7.98. The second-order valence-electron chi connectivity index (χ2n) is 6.86. The van der Waals surface area contributed by atoms with Crippen molar-refractivity contribution in [1.82, 2.24) is 5.32 Å². The lowest BCUT2D eigenvalue weighted by atomic mass is 10.0. The van der Waals surface area contributed by atoms with Crippen LogP contribution in [0.15, 0.2) is 48.5 Å². The Morgan fingerprint density at radius 1 is 1.00 bits per heavy atom. The summed E-state index contributed by atoms with van der Waals surface area (Å²) in [6.07, 6.45) is 0.837. The molecular weight excluding hydrogens is 340 g/mol. The highest BCUT2D eigenvalue weighted by Gasteiger charge is 2.15. The van der Waals surface area contributed by atoms with E-state index in [0.29, 0.717) is 22.9 Å². The zero-order valence-corrected chi connectivity index (χ0v) is 16.4. The van der Waals surface area contributed by atoms with Gasteiger partial charge in [-0.2, -0.15) is 0 Å². The van der Waals surface area contributed by atoms with E-state index in [-0.39, 0.29) is 24.5 Å². The lowest BCUT2D eigenvalue weighted by Gasteiger charge is -2.16. The lowest BCUT2D eigenvalue weighted by Crippen LogP contribution is -2.33. The van der Waals surface area contributed by atoms with Crippen molar-refractivity contribution < 1.29 is 14.3 Å². The molecule has 0 fully saturated rings. The van der Waals surface area contributed by atoms with E-state index in [0.717, 1.165) is 12.0 Å². The van der Waals surface area contributed by atoms with E-state index < -0.39 is 0 Å². The molecule has 0 saturated heterocycles. The van der Waals surface area contributed by atoms with Gasteiger partial charge in [-0.15, -0.1) is 0 Å². The van der Waals surface area contributed by atoms with Crippen LogP contribution in [0, 0.1) is 0 Å². The Hall–Kier alpha value is -2.82. The van der Waals surface area contributed by atoms with E-state index in [1.807, 2.05) is 38.1 Å². The summed E-state index contributed by atoms with van der Waals surface area (Å²) >= 11 is 0. The smallest absolute Gasteiger partial charge is 0.262 e. The fourth-order valence-electron chi connectivity index (χ4n) is 2.61. The molecule has 2 N–H and O–H groups in total. The molecule has 0 saturated carbocycles. The molecule has 0 aromatic heterocycles. The van der Waals surface area contributed by atoms with E-state index in [4.69, 9.17) is 4.74 Å². The van der Waals surface area contributed by atoms with Gasteiger partial charge in [0.05, 0.1) is 11.3 Å². The van der Waals surface area contributed by atoms with E-state index in [2.05, 4.69) is 24.5 Å². The molecular formula is C22H28N2O3. The third-order valence-electron chi connectivity index (χ3n) is 4.34. The Labute approximate surface area is 161 Å². The van der Waals surface area contributed by atoms with Gasteiger partial charge in [0.1, 0.15) is 5.75 Å². The molecule has 2 aromatic carbocycles. The topological polar surface area (TPSA) is 67.4 Å². The number of amides is 2. The van der Waals surface area contributed by atoms with E-state index in [1.165, 1.54) is 0 Å². The first-order chi connectivity index (χ1) is 12.9. The average molecular weight is 368 g/mol. The predicted molar refractivity (Wildman–Crippen MR) is 108 cm³/mol. The summed E-state index contributed by atoms with van der Waals surface area (Å²) in [4.78, 5) is 24.8. The number of hydrogen-bond acceptors (Lipinski definition) is 3. The molecule has 1 atom stereocenters. The number of benzene rings is 2. The number of anilines is 1. The van der Waals surface area contributed by atoms with Crippen molar-refractivity contribution in [2.24, 2.45) is 0 Å². The minimum atomic E-state index is -0.308. The van der Waals surface area contributed by atoms with E-state index in [9.17, 15) is 9.59 Å². The Kier molecular flexibility index (Phi) is 7.41. The van der Waals surface area contributed by atoms with Gasteiger partial charge >= 0.3 is 0 Å². The van der Waals surface area contributed by atoms with Gasteiger partial charge in [0, 0.05) is 6.04 Å². The number of carbonyl (C=O) groups excluding carboxylic acids is 2. The molecule has 2 rings (SSSR count). The molecule has 0 aliphatic heterocycles. The van der Waals surface area contributed by atoms with Gasteiger partial charge in [0.15, 0.2) is 6.61 Å². The second kappa shape index (κ2) is 9.76. The van der Waals surface area contributed by atoms with Crippen LogP contribution in [-0.4, -0.2) is 24.5 Å². The highest BCUT2D eigenvalue weighted by molar-refractivity contribution is 6.04. The number of ether oxygens (including phenoxy) is 1. The first-order valence-electron chi connectivity index (χ1n) is 9.33. The summed E-state index contributed by atoms with van der Waals surface area (Å²) in [7, 11) is 0.